The predicted octanol–water partition coefficient (Wildman–Crippen LogP) is 1.61. The summed E-state index contributed by atoms with van der Waals surface area (Å²) >= 11 is 0. The van der Waals surface area contributed by atoms with E-state index >= 15 is 0 Å². The van der Waals surface area contributed by atoms with E-state index in [9.17, 15) is 8.78 Å². The van der Waals surface area contributed by atoms with Gasteiger partial charge in [0.05, 0.1) is 5.54 Å². The molecule has 0 spiro atoms. The molecule has 1 aliphatic carbocycles. The molecule has 13 heavy (non-hydrogen) atoms. The summed E-state index contributed by atoms with van der Waals surface area (Å²) in [6.45, 7) is 0. The zero-order valence-electron chi connectivity index (χ0n) is 7.43. The largest absolute Gasteiger partial charge is 0.353 e. The summed E-state index contributed by atoms with van der Waals surface area (Å²) in [4.78, 5) is 0. The molecule has 0 aromatic carbocycles. The minimum atomic E-state index is -2.57. The molecule has 1 aromatic rings. The van der Waals surface area contributed by atoms with Crippen LogP contribution in [0.2, 0.25) is 0 Å². The van der Waals surface area contributed by atoms with Crippen LogP contribution >= 0.6 is 0 Å². The highest BCUT2D eigenvalue weighted by atomic mass is 19.3. The Kier molecular flexibility index (Phi) is 1.55. The summed E-state index contributed by atoms with van der Waals surface area (Å²) in [5.41, 5.74) is 5.82. The number of nitrogens with zero attached hydrogens (tertiary/aromatic N) is 1. The Hall–Kier alpha value is -0.900. The van der Waals surface area contributed by atoms with Crippen molar-refractivity contribution < 1.29 is 8.78 Å². The van der Waals surface area contributed by atoms with Crippen LogP contribution in [0.4, 0.5) is 8.78 Å². The Bertz CT molecular complexity index is 322. The predicted molar refractivity (Wildman–Crippen MR) is 45.5 cm³/mol. The van der Waals surface area contributed by atoms with E-state index in [1.165, 1.54) is 0 Å². The van der Waals surface area contributed by atoms with Crippen molar-refractivity contribution in [2.75, 3.05) is 0 Å². The number of hydrogen-bond donors (Lipinski definition) is 1. The first-order valence-electron chi connectivity index (χ1n) is 4.22. The summed E-state index contributed by atoms with van der Waals surface area (Å²) in [5.74, 6) is -2.57. The second kappa shape index (κ2) is 2.32. The maximum Gasteiger partial charge on any atom is 0.252 e. The molecule has 0 unspecified atom stereocenters. The van der Waals surface area contributed by atoms with E-state index in [2.05, 4.69) is 0 Å². The van der Waals surface area contributed by atoms with E-state index in [0.29, 0.717) is 0 Å². The molecule has 4 heteroatoms. The SMILES string of the molecule is Cn1cccc1C1(N)CC(F)(F)C1. The molecule has 2 rings (SSSR count). The van der Waals surface area contributed by atoms with Gasteiger partial charge in [-0.25, -0.2) is 8.78 Å². The smallest absolute Gasteiger partial charge is 0.252 e. The third kappa shape index (κ3) is 1.25. The lowest BCUT2D eigenvalue weighted by Gasteiger charge is -2.44. The Labute approximate surface area is 75.3 Å². The van der Waals surface area contributed by atoms with Crippen LogP contribution in [0.15, 0.2) is 18.3 Å². The fraction of sp³-hybridized carbons (Fsp3) is 0.556. The summed E-state index contributed by atoms with van der Waals surface area (Å²) in [7, 11) is 1.82. The molecule has 1 heterocycles. The lowest BCUT2D eigenvalue weighted by atomic mass is 9.72. The van der Waals surface area contributed by atoms with Crippen molar-refractivity contribution in [3.63, 3.8) is 0 Å². The Morgan fingerprint density at radius 3 is 2.46 bits per heavy atom. The van der Waals surface area contributed by atoms with E-state index in [-0.39, 0.29) is 12.8 Å². The van der Waals surface area contributed by atoms with Gasteiger partial charge in [0.15, 0.2) is 0 Å². The van der Waals surface area contributed by atoms with Crippen LogP contribution in [0.5, 0.6) is 0 Å². The number of hydrogen-bond acceptors (Lipinski definition) is 1. The van der Waals surface area contributed by atoms with Crippen LogP contribution in [-0.2, 0) is 12.6 Å². The van der Waals surface area contributed by atoms with Crippen molar-refractivity contribution in [3.05, 3.63) is 24.0 Å². The number of rotatable bonds is 1. The number of nitrogens with two attached hydrogens (primary N) is 1. The van der Waals surface area contributed by atoms with Crippen LogP contribution in [0.25, 0.3) is 0 Å². The van der Waals surface area contributed by atoms with E-state index < -0.39 is 11.5 Å². The second-order valence-corrected chi connectivity index (χ2v) is 3.87. The van der Waals surface area contributed by atoms with Gasteiger partial charge in [0.2, 0.25) is 0 Å². The van der Waals surface area contributed by atoms with Gasteiger partial charge in [-0.15, -0.1) is 0 Å². The maximum absolute atomic E-state index is 12.7. The lowest BCUT2D eigenvalue weighted by Crippen LogP contribution is -2.56. The number of alkyl halides is 2. The highest BCUT2D eigenvalue weighted by molar-refractivity contribution is 5.23. The molecule has 0 amide bonds. The second-order valence-electron chi connectivity index (χ2n) is 3.87. The van der Waals surface area contributed by atoms with Gasteiger partial charge in [-0.1, -0.05) is 0 Å². The highest BCUT2D eigenvalue weighted by Crippen LogP contribution is 2.49. The lowest BCUT2D eigenvalue weighted by molar-refractivity contribution is -0.126. The fourth-order valence-electron chi connectivity index (χ4n) is 2.03. The molecule has 1 aromatic heterocycles. The van der Waals surface area contributed by atoms with Gasteiger partial charge in [0.25, 0.3) is 5.92 Å². The van der Waals surface area contributed by atoms with Crippen LogP contribution in [0.1, 0.15) is 18.5 Å². The van der Waals surface area contributed by atoms with Gasteiger partial charge in [-0.3, -0.25) is 0 Å². The van der Waals surface area contributed by atoms with Gasteiger partial charge < -0.3 is 10.3 Å². The molecule has 0 saturated heterocycles. The zero-order chi connectivity index (χ0) is 9.69. The monoisotopic (exact) mass is 186 g/mol. The quantitative estimate of drug-likeness (QED) is 0.709. The molecule has 0 aliphatic heterocycles. The third-order valence-corrected chi connectivity index (χ3v) is 2.60. The minimum absolute atomic E-state index is 0.238. The molecule has 0 radical (unpaired) electrons. The maximum atomic E-state index is 12.7. The van der Waals surface area contributed by atoms with Gasteiger partial charge in [-0.2, -0.15) is 0 Å². The van der Waals surface area contributed by atoms with E-state index in [4.69, 9.17) is 5.73 Å². The van der Waals surface area contributed by atoms with Gasteiger partial charge in [0, 0.05) is 31.8 Å². The highest BCUT2D eigenvalue weighted by Gasteiger charge is 2.56. The summed E-state index contributed by atoms with van der Waals surface area (Å²) in [6, 6.07) is 3.62. The molecular formula is C9H12F2N2. The van der Waals surface area contributed by atoms with Crippen molar-refractivity contribution in [2.45, 2.75) is 24.3 Å². The fourth-order valence-corrected chi connectivity index (χ4v) is 2.03. The molecule has 2 N–H and O–H groups in total. The average Bonchev–Trinajstić information content (AvgIpc) is 2.30. The molecule has 1 aliphatic rings. The van der Waals surface area contributed by atoms with Crippen molar-refractivity contribution in [1.82, 2.24) is 4.57 Å². The van der Waals surface area contributed by atoms with Crippen LogP contribution < -0.4 is 5.73 Å². The molecular weight excluding hydrogens is 174 g/mol. The van der Waals surface area contributed by atoms with Crippen molar-refractivity contribution in [1.29, 1.82) is 0 Å². The molecule has 1 saturated carbocycles. The average molecular weight is 186 g/mol. The third-order valence-electron chi connectivity index (χ3n) is 2.60. The Morgan fingerprint density at radius 2 is 2.08 bits per heavy atom. The zero-order valence-corrected chi connectivity index (χ0v) is 7.43. The standard InChI is InChI=1S/C9H12F2N2/c1-13-4-2-3-7(13)8(12)5-9(10,11)6-8/h2-4H,5-6,12H2,1H3. The summed E-state index contributed by atoms with van der Waals surface area (Å²) in [6.07, 6.45) is 1.34. The van der Waals surface area contributed by atoms with Gasteiger partial charge >= 0.3 is 0 Å². The van der Waals surface area contributed by atoms with Crippen molar-refractivity contribution in [2.24, 2.45) is 12.8 Å². The van der Waals surface area contributed by atoms with Crippen LogP contribution in [0, 0.1) is 0 Å². The first kappa shape index (κ1) is 8.69. The normalized spacial score (nSPS) is 24.0. The topological polar surface area (TPSA) is 30.9 Å². The molecule has 0 atom stereocenters. The number of aryl methyl sites for hydroxylation is 1. The van der Waals surface area contributed by atoms with Crippen molar-refractivity contribution in [3.8, 4) is 0 Å². The minimum Gasteiger partial charge on any atom is -0.353 e. The summed E-state index contributed by atoms with van der Waals surface area (Å²) < 4.78 is 27.1. The van der Waals surface area contributed by atoms with E-state index in [0.717, 1.165) is 5.69 Å². The Balaban J connectivity index is 2.25. The molecule has 2 nitrogen and oxygen atoms in total. The van der Waals surface area contributed by atoms with Crippen LogP contribution in [-0.4, -0.2) is 10.5 Å². The number of aromatic nitrogens is 1. The molecule has 72 valence electrons. The van der Waals surface area contributed by atoms with Crippen molar-refractivity contribution >= 4 is 0 Å². The molecule has 0 bridgehead atoms. The summed E-state index contributed by atoms with van der Waals surface area (Å²) in [5, 5.41) is 0. The molecule has 1 fully saturated rings. The first-order chi connectivity index (χ1) is 5.93. The van der Waals surface area contributed by atoms with Gasteiger partial charge in [0.1, 0.15) is 0 Å². The number of halogens is 2. The van der Waals surface area contributed by atoms with Gasteiger partial charge in [-0.05, 0) is 12.1 Å². The van der Waals surface area contributed by atoms with E-state index in [1.54, 1.807) is 10.6 Å². The Morgan fingerprint density at radius 1 is 1.46 bits per heavy atom. The first-order valence-corrected chi connectivity index (χ1v) is 4.22. The van der Waals surface area contributed by atoms with E-state index in [1.807, 2.05) is 19.3 Å². The van der Waals surface area contributed by atoms with Crippen LogP contribution in [0.3, 0.4) is 0 Å².